The Balaban J connectivity index is 3.51. The number of benzene rings is 1. The Hall–Kier alpha value is 0.150. The third kappa shape index (κ3) is 1.73. The molecule has 1 aromatic carbocycles. The van der Waals surface area contributed by atoms with Crippen LogP contribution in [0, 0.1) is 14.1 Å². The standard InChI is InChI=1S/C8H6I2O2/c1-4-5(3-11)6(9)2-7(10)8(4)12/h2-3,12H,1H3. The lowest BCUT2D eigenvalue weighted by atomic mass is 10.1. The first-order chi connectivity index (χ1) is 5.57. The average Bonchev–Trinajstić information content (AvgIpc) is 2.01. The molecule has 0 saturated carbocycles. The van der Waals surface area contributed by atoms with Gasteiger partial charge >= 0.3 is 0 Å². The first-order valence-corrected chi connectivity index (χ1v) is 5.36. The summed E-state index contributed by atoms with van der Waals surface area (Å²) in [5.74, 6) is 0.207. The Morgan fingerprint density at radius 3 is 2.50 bits per heavy atom. The highest BCUT2D eigenvalue weighted by Gasteiger charge is 2.10. The van der Waals surface area contributed by atoms with Crippen LogP contribution in [-0.4, -0.2) is 11.4 Å². The first-order valence-electron chi connectivity index (χ1n) is 3.20. The molecule has 0 fully saturated rings. The maximum Gasteiger partial charge on any atom is 0.151 e. The second-order valence-electron chi connectivity index (χ2n) is 2.35. The zero-order chi connectivity index (χ0) is 9.30. The number of hydrogen-bond donors (Lipinski definition) is 1. The van der Waals surface area contributed by atoms with E-state index in [1.54, 1.807) is 13.0 Å². The van der Waals surface area contributed by atoms with Crippen LogP contribution in [0.4, 0.5) is 0 Å². The largest absolute Gasteiger partial charge is 0.507 e. The molecular formula is C8H6I2O2. The van der Waals surface area contributed by atoms with Gasteiger partial charge in [0.2, 0.25) is 0 Å². The molecule has 12 heavy (non-hydrogen) atoms. The highest BCUT2D eigenvalue weighted by atomic mass is 127. The highest BCUT2D eigenvalue weighted by Crippen LogP contribution is 2.29. The van der Waals surface area contributed by atoms with Crippen molar-refractivity contribution in [2.75, 3.05) is 0 Å². The van der Waals surface area contributed by atoms with Crippen molar-refractivity contribution in [3.8, 4) is 5.75 Å². The highest BCUT2D eigenvalue weighted by molar-refractivity contribution is 14.1. The minimum absolute atomic E-state index is 0.207. The number of carbonyl (C=O) groups excluding carboxylic acids is 1. The van der Waals surface area contributed by atoms with Crippen LogP contribution in [0.2, 0.25) is 0 Å². The van der Waals surface area contributed by atoms with E-state index in [0.717, 1.165) is 13.4 Å². The number of carbonyl (C=O) groups is 1. The van der Waals surface area contributed by atoms with Crippen molar-refractivity contribution < 1.29 is 9.90 Å². The van der Waals surface area contributed by atoms with Crippen molar-refractivity contribution in [1.29, 1.82) is 0 Å². The number of aldehydes is 1. The molecule has 0 aliphatic carbocycles. The van der Waals surface area contributed by atoms with E-state index in [1.165, 1.54) is 0 Å². The summed E-state index contributed by atoms with van der Waals surface area (Å²) < 4.78 is 1.66. The van der Waals surface area contributed by atoms with Gasteiger partial charge < -0.3 is 5.11 Å². The van der Waals surface area contributed by atoms with Gasteiger partial charge in [-0.15, -0.1) is 0 Å². The van der Waals surface area contributed by atoms with E-state index in [0.29, 0.717) is 11.1 Å². The summed E-state index contributed by atoms with van der Waals surface area (Å²) in [6, 6.07) is 1.78. The molecule has 0 bridgehead atoms. The quantitative estimate of drug-likeness (QED) is 0.594. The molecular weight excluding hydrogens is 382 g/mol. The van der Waals surface area contributed by atoms with Gasteiger partial charge in [0.05, 0.1) is 3.57 Å². The van der Waals surface area contributed by atoms with E-state index in [2.05, 4.69) is 22.6 Å². The summed E-state index contributed by atoms with van der Waals surface area (Å²) in [5, 5.41) is 9.47. The normalized spacial score (nSPS) is 9.92. The minimum atomic E-state index is 0.207. The smallest absolute Gasteiger partial charge is 0.151 e. The Morgan fingerprint density at radius 1 is 1.42 bits per heavy atom. The van der Waals surface area contributed by atoms with E-state index < -0.39 is 0 Å². The van der Waals surface area contributed by atoms with E-state index in [1.807, 2.05) is 22.6 Å². The second kappa shape index (κ2) is 3.91. The molecule has 0 heterocycles. The van der Waals surface area contributed by atoms with E-state index in [9.17, 15) is 9.90 Å². The number of rotatable bonds is 1. The van der Waals surface area contributed by atoms with Crippen LogP contribution in [0.3, 0.4) is 0 Å². The summed E-state index contributed by atoms with van der Waals surface area (Å²) in [5.41, 5.74) is 1.23. The van der Waals surface area contributed by atoms with Gasteiger partial charge in [-0.1, -0.05) is 0 Å². The molecule has 0 aliphatic heterocycles. The van der Waals surface area contributed by atoms with Gasteiger partial charge in [0, 0.05) is 14.7 Å². The molecule has 1 N–H and O–H groups in total. The fourth-order valence-electron chi connectivity index (χ4n) is 0.888. The van der Waals surface area contributed by atoms with Crippen LogP contribution < -0.4 is 0 Å². The lowest BCUT2D eigenvalue weighted by Crippen LogP contribution is -1.93. The average molecular weight is 388 g/mol. The predicted molar refractivity (Wildman–Crippen MR) is 63.7 cm³/mol. The van der Waals surface area contributed by atoms with E-state index >= 15 is 0 Å². The molecule has 1 aromatic rings. The fourth-order valence-corrected chi connectivity index (χ4v) is 3.04. The monoisotopic (exact) mass is 388 g/mol. The molecule has 0 aromatic heterocycles. The van der Waals surface area contributed by atoms with E-state index in [-0.39, 0.29) is 5.75 Å². The summed E-state index contributed by atoms with van der Waals surface area (Å²) in [4.78, 5) is 10.6. The van der Waals surface area contributed by atoms with Crippen molar-refractivity contribution in [2.45, 2.75) is 6.92 Å². The van der Waals surface area contributed by atoms with Gasteiger partial charge in [-0.25, -0.2) is 0 Å². The molecule has 4 heteroatoms. The molecule has 2 nitrogen and oxygen atoms in total. The molecule has 0 atom stereocenters. The topological polar surface area (TPSA) is 37.3 Å². The fraction of sp³-hybridized carbons (Fsp3) is 0.125. The van der Waals surface area contributed by atoms with Crippen LogP contribution >= 0.6 is 45.2 Å². The Kier molecular flexibility index (Phi) is 3.33. The van der Waals surface area contributed by atoms with Gasteiger partial charge in [-0.3, -0.25) is 4.79 Å². The van der Waals surface area contributed by atoms with Crippen LogP contribution in [0.15, 0.2) is 6.07 Å². The van der Waals surface area contributed by atoms with Crippen LogP contribution in [0.5, 0.6) is 5.75 Å². The molecule has 0 amide bonds. The zero-order valence-electron chi connectivity index (χ0n) is 6.27. The van der Waals surface area contributed by atoms with Crippen molar-refractivity contribution in [1.82, 2.24) is 0 Å². The molecule has 1 rings (SSSR count). The predicted octanol–water partition coefficient (Wildman–Crippen LogP) is 2.72. The van der Waals surface area contributed by atoms with Gasteiger partial charge in [0.25, 0.3) is 0 Å². The number of phenolic OH excluding ortho intramolecular Hbond substituents is 1. The minimum Gasteiger partial charge on any atom is -0.507 e. The summed E-state index contributed by atoms with van der Waals surface area (Å²) in [6.07, 6.45) is 0.771. The van der Waals surface area contributed by atoms with Gasteiger partial charge in [-0.05, 0) is 58.2 Å². The Labute approximate surface area is 97.6 Å². The number of aromatic hydroxyl groups is 1. The van der Waals surface area contributed by atoms with Crippen molar-refractivity contribution in [3.05, 3.63) is 24.3 Å². The van der Waals surface area contributed by atoms with Crippen LogP contribution in [0.1, 0.15) is 15.9 Å². The third-order valence-corrected chi connectivity index (χ3v) is 3.33. The van der Waals surface area contributed by atoms with Gasteiger partial charge in [0.15, 0.2) is 6.29 Å². The zero-order valence-corrected chi connectivity index (χ0v) is 10.6. The summed E-state index contributed by atoms with van der Waals surface area (Å²) in [6.45, 7) is 1.74. The maximum absolute atomic E-state index is 10.6. The molecule has 0 spiro atoms. The number of hydrogen-bond acceptors (Lipinski definition) is 2. The maximum atomic E-state index is 10.6. The van der Waals surface area contributed by atoms with Crippen LogP contribution in [-0.2, 0) is 0 Å². The molecule has 0 aliphatic rings. The molecule has 0 radical (unpaired) electrons. The molecule has 0 saturated heterocycles. The van der Waals surface area contributed by atoms with Crippen molar-refractivity contribution in [3.63, 3.8) is 0 Å². The second-order valence-corrected chi connectivity index (χ2v) is 4.67. The van der Waals surface area contributed by atoms with Crippen LogP contribution in [0.25, 0.3) is 0 Å². The van der Waals surface area contributed by atoms with E-state index in [4.69, 9.17) is 0 Å². The number of phenols is 1. The molecule has 64 valence electrons. The Morgan fingerprint density at radius 2 is 2.00 bits per heavy atom. The molecule has 0 unspecified atom stereocenters. The lowest BCUT2D eigenvalue weighted by molar-refractivity contribution is 0.112. The number of halogens is 2. The third-order valence-electron chi connectivity index (χ3n) is 1.61. The first kappa shape index (κ1) is 10.2. The van der Waals surface area contributed by atoms with Gasteiger partial charge in [0.1, 0.15) is 5.75 Å². The van der Waals surface area contributed by atoms with Crippen molar-refractivity contribution in [2.24, 2.45) is 0 Å². The van der Waals surface area contributed by atoms with Crippen molar-refractivity contribution >= 4 is 51.5 Å². The van der Waals surface area contributed by atoms with Gasteiger partial charge in [-0.2, -0.15) is 0 Å². The summed E-state index contributed by atoms with van der Waals surface area (Å²) >= 11 is 4.12. The SMILES string of the molecule is Cc1c(O)c(I)cc(I)c1C=O. The lowest BCUT2D eigenvalue weighted by Gasteiger charge is -2.06. The summed E-state index contributed by atoms with van der Waals surface area (Å²) in [7, 11) is 0. The Bertz CT molecular complexity index is 334.